The molecule has 2 rings (SSSR count). The second-order valence-electron chi connectivity index (χ2n) is 6.16. The molecule has 1 amide bonds. The van der Waals surface area contributed by atoms with Crippen molar-refractivity contribution in [2.24, 2.45) is 5.92 Å². The zero-order valence-corrected chi connectivity index (χ0v) is 16.0. The molecule has 132 valence electrons. The lowest BCUT2D eigenvalue weighted by Gasteiger charge is -2.37. The van der Waals surface area contributed by atoms with Crippen molar-refractivity contribution in [3.63, 3.8) is 0 Å². The lowest BCUT2D eigenvalue weighted by atomic mass is 10.2. The van der Waals surface area contributed by atoms with E-state index in [-0.39, 0.29) is 11.8 Å². The Morgan fingerprint density at radius 1 is 1.29 bits per heavy atom. The van der Waals surface area contributed by atoms with E-state index in [9.17, 15) is 4.79 Å². The molecule has 5 nitrogen and oxygen atoms in total. The highest BCUT2D eigenvalue weighted by Crippen LogP contribution is 2.34. The smallest absolute Gasteiger partial charge is 0.228 e. The molecule has 0 bridgehead atoms. The van der Waals surface area contributed by atoms with Crippen LogP contribution in [-0.2, 0) is 4.79 Å². The van der Waals surface area contributed by atoms with Gasteiger partial charge in [0.1, 0.15) is 0 Å². The normalized spacial score (nSPS) is 15.5. The topological polar surface area (TPSA) is 47.6 Å². The van der Waals surface area contributed by atoms with Gasteiger partial charge < -0.3 is 20.4 Å². The minimum Gasteiger partial charge on any atom is -0.366 e. The van der Waals surface area contributed by atoms with Crippen LogP contribution in [0.2, 0.25) is 5.02 Å². The average molecular weight is 369 g/mol. The second kappa shape index (κ2) is 8.65. The van der Waals surface area contributed by atoms with Crippen LogP contribution in [0.3, 0.4) is 0 Å². The van der Waals surface area contributed by atoms with Crippen molar-refractivity contribution < 1.29 is 4.79 Å². The zero-order chi connectivity index (χ0) is 17.7. The number of piperazine rings is 1. The second-order valence-corrected chi connectivity index (χ2v) is 6.97. The van der Waals surface area contributed by atoms with Crippen LogP contribution in [0.4, 0.5) is 11.4 Å². The minimum absolute atomic E-state index is 0.104. The van der Waals surface area contributed by atoms with Crippen LogP contribution in [0.15, 0.2) is 18.2 Å². The first kappa shape index (κ1) is 19.0. The SMILES string of the molecule is CCN1CCN(c2c(Cl)cccc2NC(=S)NC(=O)C(C)C)CC1. The van der Waals surface area contributed by atoms with Crippen molar-refractivity contribution in [3.05, 3.63) is 23.2 Å². The van der Waals surface area contributed by atoms with Gasteiger partial charge in [0.05, 0.1) is 16.4 Å². The molecule has 24 heavy (non-hydrogen) atoms. The number of halogens is 1. The van der Waals surface area contributed by atoms with Crippen molar-refractivity contribution in [1.29, 1.82) is 0 Å². The van der Waals surface area contributed by atoms with Crippen LogP contribution in [0.1, 0.15) is 20.8 Å². The molecule has 0 unspecified atom stereocenters. The molecule has 0 aromatic heterocycles. The van der Waals surface area contributed by atoms with E-state index >= 15 is 0 Å². The first-order valence-electron chi connectivity index (χ1n) is 8.30. The molecule has 1 aliphatic rings. The maximum atomic E-state index is 11.8. The Balaban J connectivity index is 2.12. The Bertz CT molecular complexity index is 600. The number of hydrogen-bond donors (Lipinski definition) is 2. The van der Waals surface area contributed by atoms with Crippen molar-refractivity contribution in [1.82, 2.24) is 10.2 Å². The fourth-order valence-electron chi connectivity index (χ4n) is 2.64. The molecule has 2 N–H and O–H groups in total. The lowest BCUT2D eigenvalue weighted by Crippen LogP contribution is -2.46. The van der Waals surface area contributed by atoms with Gasteiger partial charge in [0.2, 0.25) is 5.91 Å². The maximum Gasteiger partial charge on any atom is 0.228 e. The number of carbonyl (C=O) groups is 1. The number of carbonyl (C=O) groups excluding carboxylic acids is 1. The summed E-state index contributed by atoms with van der Waals surface area (Å²) in [6, 6.07) is 5.69. The third-order valence-electron chi connectivity index (χ3n) is 4.13. The van der Waals surface area contributed by atoms with Crippen molar-refractivity contribution in [2.75, 3.05) is 42.9 Å². The van der Waals surface area contributed by atoms with E-state index in [0.29, 0.717) is 10.1 Å². The zero-order valence-electron chi connectivity index (χ0n) is 14.4. The number of thiocarbonyl (C=S) groups is 1. The Morgan fingerprint density at radius 3 is 2.54 bits per heavy atom. The summed E-state index contributed by atoms with van der Waals surface area (Å²) in [6.45, 7) is 10.7. The third kappa shape index (κ3) is 4.82. The van der Waals surface area contributed by atoms with E-state index in [0.717, 1.165) is 44.1 Å². The van der Waals surface area contributed by atoms with E-state index in [1.54, 1.807) is 0 Å². The lowest BCUT2D eigenvalue weighted by molar-refractivity contribution is -0.122. The number of nitrogens with one attached hydrogen (secondary N) is 2. The Kier molecular flexibility index (Phi) is 6.83. The van der Waals surface area contributed by atoms with Crippen molar-refractivity contribution >= 4 is 46.2 Å². The number of para-hydroxylation sites is 1. The monoisotopic (exact) mass is 368 g/mol. The van der Waals surface area contributed by atoms with Gasteiger partial charge in [-0.3, -0.25) is 4.79 Å². The number of nitrogens with zero attached hydrogens (tertiary/aromatic N) is 2. The number of hydrogen-bond acceptors (Lipinski definition) is 4. The Labute approximate surface area is 154 Å². The minimum atomic E-state index is -0.120. The van der Waals surface area contributed by atoms with Crippen LogP contribution in [0.25, 0.3) is 0 Å². The van der Waals surface area contributed by atoms with Crippen molar-refractivity contribution in [3.8, 4) is 0 Å². The van der Waals surface area contributed by atoms with E-state index in [2.05, 4.69) is 27.4 Å². The molecular formula is C17H25ClN4OS. The maximum absolute atomic E-state index is 11.8. The van der Waals surface area contributed by atoms with Gasteiger partial charge in [0, 0.05) is 32.1 Å². The van der Waals surface area contributed by atoms with E-state index in [1.165, 1.54) is 0 Å². The molecule has 1 aromatic rings. The van der Waals surface area contributed by atoms with Gasteiger partial charge in [0.15, 0.2) is 5.11 Å². The van der Waals surface area contributed by atoms with Gasteiger partial charge >= 0.3 is 0 Å². The van der Waals surface area contributed by atoms with Crippen molar-refractivity contribution in [2.45, 2.75) is 20.8 Å². The molecule has 0 aliphatic carbocycles. The van der Waals surface area contributed by atoms with Crippen LogP contribution >= 0.6 is 23.8 Å². The van der Waals surface area contributed by atoms with Gasteiger partial charge in [-0.05, 0) is 30.9 Å². The summed E-state index contributed by atoms with van der Waals surface area (Å²) in [5.41, 5.74) is 1.76. The standard InChI is InChI=1S/C17H25ClN4OS/c1-4-21-8-10-22(11-9-21)15-13(18)6-5-7-14(15)19-17(24)20-16(23)12(2)3/h5-7,12H,4,8-11H2,1-3H3,(H2,19,20,23,24). The first-order chi connectivity index (χ1) is 11.4. The molecular weight excluding hydrogens is 344 g/mol. The highest BCUT2D eigenvalue weighted by Gasteiger charge is 2.21. The van der Waals surface area contributed by atoms with E-state index < -0.39 is 0 Å². The predicted molar refractivity (Wildman–Crippen MR) is 105 cm³/mol. The van der Waals surface area contributed by atoms with E-state index in [4.69, 9.17) is 23.8 Å². The molecule has 7 heteroatoms. The fraction of sp³-hybridized carbons (Fsp3) is 0.529. The predicted octanol–water partition coefficient (Wildman–Crippen LogP) is 2.95. The summed E-state index contributed by atoms with van der Waals surface area (Å²) < 4.78 is 0. The molecule has 1 aromatic carbocycles. The van der Waals surface area contributed by atoms with Crippen LogP contribution in [0, 0.1) is 5.92 Å². The molecule has 1 heterocycles. The summed E-state index contributed by atoms with van der Waals surface area (Å²) in [4.78, 5) is 16.5. The van der Waals surface area contributed by atoms with Gasteiger partial charge in [-0.25, -0.2) is 0 Å². The molecule has 1 aliphatic heterocycles. The average Bonchev–Trinajstić information content (AvgIpc) is 2.55. The molecule has 0 spiro atoms. The van der Waals surface area contributed by atoms with Gasteiger partial charge in [-0.15, -0.1) is 0 Å². The summed E-state index contributed by atoms with van der Waals surface area (Å²) in [5.74, 6) is -0.224. The summed E-state index contributed by atoms with van der Waals surface area (Å²) in [7, 11) is 0. The number of amides is 1. The summed E-state index contributed by atoms with van der Waals surface area (Å²) in [6.07, 6.45) is 0. The quantitative estimate of drug-likeness (QED) is 0.800. The van der Waals surface area contributed by atoms with Gasteiger partial charge in [-0.1, -0.05) is 38.4 Å². The highest BCUT2D eigenvalue weighted by atomic mass is 35.5. The molecule has 0 radical (unpaired) electrons. The Hall–Kier alpha value is -1.37. The number of likely N-dealkylation sites (N-methyl/N-ethyl adjacent to an activating group) is 1. The van der Waals surface area contributed by atoms with E-state index in [1.807, 2.05) is 32.0 Å². The van der Waals surface area contributed by atoms with Crippen LogP contribution < -0.4 is 15.5 Å². The van der Waals surface area contributed by atoms with Gasteiger partial charge in [-0.2, -0.15) is 0 Å². The van der Waals surface area contributed by atoms with Gasteiger partial charge in [0.25, 0.3) is 0 Å². The number of benzene rings is 1. The molecule has 1 fully saturated rings. The largest absolute Gasteiger partial charge is 0.366 e. The third-order valence-corrected chi connectivity index (χ3v) is 4.64. The van der Waals surface area contributed by atoms with Crippen LogP contribution in [0.5, 0.6) is 0 Å². The summed E-state index contributed by atoms with van der Waals surface area (Å²) >= 11 is 11.7. The fourth-order valence-corrected chi connectivity index (χ4v) is 3.14. The Morgan fingerprint density at radius 2 is 1.96 bits per heavy atom. The number of anilines is 2. The molecule has 1 saturated heterocycles. The number of rotatable bonds is 4. The summed E-state index contributed by atoms with van der Waals surface area (Å²) in [5, 5.41) is 6.80. The molecule has 0 saturated carbocycles. The molecule has 0 atom stereocenters. The highest BCUT2D eigenvalue weighted by molar-refractivity contribution is 7.80. The first-order valence-corrected chi connectivity index (χ1v) is 9.08. The van der Waals surface area contributed by atoms with Crippen LogP contribution in [-0.4, -0.2) is 48.6 Å².